The van der Waals surface area contributed by atoms with Crippen LogP contribution in [-0.2, 0) is 6.42 Å². The van der Waals surface area contributed by atoms with E-state index in [1.165, 1.54) is 4.88 Å². The smallest absolute Gasteiger partial charge is 0.337 e. The van der Waals surface area contributed by atoms with Gasteiger partial charge in [0.25, 0.3) is 0 Å². The van der Waals surface area contributed by atoms with E-state index >= 15 is 0 Å². The van der Waals surface area contributed by atoms with Gasteiger partial charge in [0.15, 0.2) is 0 Å². The maximum Gasteiger partial charge on any atom is 0.337 e. The molecule has 0 fully saturated rings. The number of nitrogens with two attached hydrogens (primary N) is 1. The molecule has 2 rings (SSSR count). The second kappa shape index (κ2) is 5.55. The van der Waals surface area contributed by atoms with Gasteiger partial charge in [-0.25, -0.2) is 4.79 Å². The summed E-state index contributed by atoms with van der Waals surface area (Å²) in [7, 11) is 0. The van der Waals surface area contributed by atoms with Gasteiger partial charge in [0.05, 0.1) is 5.56 Å². The van der Waals surface area contributed by atoms with Gasteiger partial charge in [-0.3, -0.25) is 0 Å². The molecule has 1 aromatic carbocycles. The predicted molar refractivity (Wildman–Crippen MR) is 74.3 cm³/mol. The van der Waals surface area contributed by atoms with Gasteiger partial charge >= 0.3 is 5.97 Å². The lowest BCUT2D eigenvalue weighted by molar-refractivity contribution is 0.0698. The summed E-state index contributed by atoms with van der Waals surface area (Å²) in [5.74, 6) is -1.01. The maximum atomic E-state index is 10.9. The molecule has 0 saturated heterocycles. The van der Waals surface area contributed by atoms with E-state index in [2.05, 4.69) is 11.4 Å². The summed E-state index contributed by atoms with van der Waals surface area (Å²) in [4.78, 5) is 12.2. The molecule has 5 heteroatoms. The number of thiophene rings is 1. The molecule has 0 unspecified atom stereocenters. The summed E-state index contributed by atoms with van der Waals surface area (Å²) in [6.07, 6.45) is 0.921. The molecular weight excluding hydrogens is 248 g/mol. The van der Waals surface area contributed by atoms with Crippen molar-refractivity contribution in [2.75, 3.05) is 17.6 Å². The molecule has 18 heavy (non-hydrogen) atoms. The van der Waals surface area contributed by atoms with Crippen molar-refractivity contribution in [1.82, 2.24) is 0 Å². The van der Waals surface area contributed by atoms with Crippen molar-refractivity contribution < 1.29 is 9.90 Å². The van der Waals surface area contributed by atoms with Crippen molar-refractivity contribution in [3.63, 3.8) is 0 Å². The molecule has 0 aliphatic rings. The van der Waals surface area contributed by atoms with E-state index in [0.29, 0.717) is 0 Å². The highest BCUT2D eigenvalue weighted by molar-refractivity contribution is 7.09. The summed E-state index contributed by atoms with van der Waals surface area (Å²) in [5.41, 5.74) is 6.78. The Morgan fingerprint density at radius 2 is 2.22 bits per heavy atom. The summed E-state index contributed by atoms with van der Waals surface area (Å²) in [6.45, 7) is 0.767. The lowest BCUT2D eigenvalue weighted by Crippen LogP contribution is -2.07. The molecule has 1 aromatic heterocycles. The Morgan fingerprint density at radius 3 is 2.89 bits per heavy atom. The largest absolute Gasteiger partial charge is 0.478 e. The van der Waals surface area contributed by atoms with Crippen LogP contribution in [0.4, 0.5) is 11.4 Å². The normalized spacial score (nSPS) is 10.2. The standard InChI is InChI=1S/C13H14N2O2S/c14-12-4-3-9(8-11(12)13(16)17)15-6-5-10-2-1-7-18-10/h1-4,7-8,15H,5-6,14H2,(H,16,17). The van der Waals surface area contributed by atoms with Crippen LogP contribution in [0.5, 0.6) is 0 Å². The average Bonchev–Trinajstić information content (AvgIpc) is 2.84. The molecule has 0 spiro atoms. The Kier molecular flexibility index (Phi) is 3.84. The van der Waals surface area contributed by atoms with Gasteiger partial charge in [-0.05, 0) is 36.1 Å². The molecule has 0 aliphatic heterocycles. The third-order valence-corrected chi connectivity index (χ3v) is 3.50. The van der Waals surface area contributed by atoms with Gasteiger partial charge in [0.1, 0.15) is 0 Å². The zero-order valence-corrected chi connectivity index (χ0v) is 10.5. The van der Waals surface area contributed by atoms with Crippen LogP contribution in [0.15, 0.2) is 35.7 Å². The number of nitrogen functional groups attached to an aromatic ring is 1. The summed E-state index contributed by atoms with van der Waals surface area (Å²) >= 11 is 1.71. The van der Waals surface area contributed by atoms with Gasteiger partial charge in [-0.15, -0.1) is 11.3 Å². The second-order valence-corrected chi connectivity index (χ2v) is 4.90. The van der Waals surface area contributed by atoms with Gasteiger partial charge in [0.2, 0.25) is 0 Å². The summed E-state index contributed by atoms with van der Waals surface area (Å²) < 4.78 is 0. The van der Waals surface area contributed by atoms with Crippen molar-refractivity contribution in [2.45, 2.75) is 6.42 Å². The number of aromatic carboxylic acids is 1. The fraction of sp³-hybridized carbons (Fsp3) is 0.154. The van der Waals surface area contributed by atoms with Gasteiger partial charge in [-0.1, -0.05) is 6.07 Å². The van der Waals surface area contributed by atoms with E-state index in [-0.39, 0.29) is 11.3 Å². The Balaban J connectivity index is 1.97. The van der Waals surface area contributed by atoms with Crippen LogP contribution in [0.2, 0.25) is 0 Å². The number of carboxylic acid groups (broad SMARTS) is 1. The van der Waals surface area contributed by atoms with Crippen LogP contribution in [0.25, 0.3) is 0 Å². The maximum absolute atomic E-state index is 10.9. The lowest BCUT2D eigenvalue weighted by Gasteiger charge is -2.08. The molecule has 0 radical (unpaired) electrons. The molecule has 4 N–H and O–H groups in total. The zero-order valence-electron chi connectivity index (χ0n) is 9.72. The van der Waals surface area contributed by atoms with Crippen molar-refractivity contribution in [3.8, 4) is 0 Å². The third-order valence-electron chi connectivity index (χ3n) is 2.56. The van der Waals surface area contributed by atoms with Gasteiger partial charge < -0.3 is 16.2 Å². The van der Waals surface area contributed by atoms with Crippen LogP contribution >= 0.6 is 11.3 Å². The molecule has 0 amide bonds. The molecule has 1 heterocycles. The minimum atomic E-state index is -1.01. The Hall–Kier alpha value is -2.01. The van der Waals surface area contributed by atoms with E-state index in [0.717, 1.165) is 18.7 Å². The molecule has 94 valence electrons. The van der Waals surface area contributed by atoms with Gasteiger partial charge in [-0.2, -0.15) is 0 Å². The Morgan fingerprint density at radius 1 is 1.39 bits per heavy atom. The van der Waals surface area contributed by atoms with Crippen LogP contribution in [0, 0.1) is 0 Å². The monoisotopic (exact) mass is 262 g/mol. The van der Waals surface area contributed by atoms with E-state index in [1.54, 1.807) is 29.5 Å². The van der Waals surface area contributed by atoms with Gasteiger partial charge in [0, 0.05) is 22.8 Å². The molecule has 4 nitrogen and oxygen atoms in total. The first kappa shape index (κ1) is 12.4. The first-order chi connectivity index (χ1) is 8.66. The zero-order chi connectivity index (χ0) is 13.0. The number of anilines is 2. The van der Waals surface area contributed by atoms with Crippen molar-refractivity contribution >= 4 is 28.7 Å². The van der Waals surface area contributed by atoms with Crippen LogP contribution in [-0.4, -0.2) is 17.6 Å². The molecule has 0 bridgehead atoms. The number of benzene rings is 1. The number of hydrogen-bond acceptors (Lipinski definition) is 4. The summed E-state index contributed by atoms with van der Waals surface area (Å²) in [5, 5.41) is 14.2. The number of nitrogens with one attached hydrogen (secondary N) is 1. The topological polar surface area (TPSA) is 75.3 Å². The average molecular weight is 262 g/mol. The van der Waals surface area contributed by atoms with E-state index in [1.807, 2.05) is 11.4 Å². The van der Waals surface area contributed by atoms with Crippen LogP contribution < -0.4 is 11.1 Å². The van der Waals surface area contributed by atoms with E-state index in [4.69, 9.17) is 10.8 Å². The second-order valence-electron chi connectivity index (χ2n) is 3.86. The third kappa shape index (κ3) is 3.01. The molecule has 0 aliphatic carbocycles. The Bertz CT molecular complexity index is 538. The number of carbonyl (C=O) groups is 1. The predicted octanol–water partition coefficient (Wildman–Crippen LogP) is 2.68. The first-order valence-corrected chi connectivity index (χ1v) is 6.44. The molecule has 0 saturated carbocycles. The van der Waals surface area contributed by atoms with Crippen LogP contribution in [0.3, 0.4) is 0 Å². The fourth-order valence-electron chi connectivity index (χ4n) is 1.64. The van der Waals surface area contributed by atoms with Crippen LogP contribution in [0.1, 0.15) is 15.2 Å². The summed E-state index contributed by atoms with van der Waals surface area (Å²) in [6, 6.07) is 9.06. The van der Waals surface area contributed by atoms with Crippen molar-refractivity contribution in [2.24, 2.45) is 0 Å². The number of carboxylic acids is 1. The highest BCUT2D eigenvalue weighted by Crippen LogP contribution is 2.18. The molecular formula is C13H14N2O2S. The molecule has 0 atom stereocenters. The minimum Gasteiger partial charge on any atom is -0.478 e. The quantitative estimate of drug-likeness (QED) is 0.724. The highest BCUT2D eigenvalue weighted by atomic mass is 32.1. The number of rotatable bonds is 5. The van der Waals surface area contributed by atoms with E-state index < -0.39 is 5.97 Å². The van der Waals surface area contributed by atoms with Crippen molar-refractivity contribution in [1.29, 1.82) is 0 Å². The van der Waals surface area contributed by atoms with Crippen molar-refractivity contribution in [3.05, 3.63) is 46.2 Å². The SMILES string of the molecule is Nc1ccc(NCCc2cccs2)cc1C(=O)O. The fourth-order valence-corrected chi connectivity index (χ4v) is 2.35. The van der Waals surface area contributed by atoms with E-state index in [9.17, 15) is 4.79 Å². The lowest BCUT2D eigenvalue weighted by atomic mass is 10.1. The number of hydrogen-bond donors (Lipinski definition) is 3. The minimum absolute atomic E-state index is 0.135. The highest BCUT2D eigenvalue weighted by Gasteiger charge is 2.08. The Labute approximate surface area is 109 Å². The molecule has 2 aromatic rings. The first-order valence-electron chi connectivity index (χ1n) is 5.56.